The third kappa shape index (κ3) is 1.78. The highest BCUT2D eigenvalue weighted by atomic mass is 35.5. The Morgan fingerprint density at radius 1 is 1.46 bits per heavy atom. The predicted octanol–water partition coefficient (Wildman–Crippen LogP) is 2.40. The third-order valence-corrected chi connectivity index (χ3v) is 1.83. The molecule has 0 unspecified atom stereocenters. The van der Waals surface area contributed by atoms with Crippen molar-refractivity contribution in [3.63, 3.8) is 0 Å². The first-order valence-electron chi connectivity index (χ1n) is 3.34. The number of halogens is 3. The van der Waals surface area contributed by atoms with Gasteiger partial charge in [-0.25, -0.2) is 13.6 Å². The summed E-state index contributed by atoms with van der Waals surface area (Å²) in [6.45, 7) is 0. The Kier molecular flexibility index (Phi) is 2.83. The topological polar surface area (TPSA) is 37.3 Å². The normalized spacial score (nSPS) is 10.1. The van der Waals surface area contributed by atoms with Crippen LogP contribution in [0.2, 0.25) is 0 Å². The summed E-state index contributed by atoms with van der Waals surface area (Å²) in [4.78, 5) is 10.5. The van der Waals surface area contributed by atoms with Crippen LogP contribution < -0.4 is 0 Å². The molecule has 0 amide bonds. The summed E-state index contributed by atoms with van der Waals surface area (Å²) in [6, 6.07) is 1.99. The van der Waals surface area contributed by atoms with Crippen molar-refractivity contribution in [2.75, 3.05) is 0 Å². The Bertz CT molecular complexity index is 352. The van der Waals surface area contributed by atoms with Gasteiger partial charge < -0.3 is 5.11 Å². The number of benzene rings is 1. The second kappa shape index (κ2) is 3.70. The second-order valence-electron chi connectivity index (χ2n) is 2.33. The van der Waals surface area contributed by atoms with Crippen molar-refractivity contribution in [1.29, 1.82) is 0 Å². The van der Waals surface area contributed by atoms with Gasteiger partial charge in [-0.3, -0.25) is 0 Å². The summed E-state index contributed by atoms with van der Waals surface area (Å²) in [5, 5.41) is 8.54. The molecular formula is C8H5ClF2O2. The number of hydrogen-bond acceptors (Lipinski definition) is 1. The average molecular weight is 207 g/mol. The van der Waals surface area contributed by atoms with E-state index in [0.29, 0.717) is 0 Å². The molecule has 0 aliphatic heterocycles. The zero-order chi connectivity index (χ0) is 10.0. The monoisotopic (exact) mass is 206 g/mol. The van der Waals surface area contributed by atoms with Crippen LogP contribution in [0.4, 0.5) is 8.78 Å². The number of hydrogen-bond donors (Lipinski definition) is 1. The fraction of sp³-hybridized carbons (Fsp3) is 0.125. The summed E-state index contributed by atoms with van der Waals surface area (Å²) >= 11 is 5.35. The van der Waals surface area contributed by atoms with Crippen LogP contribution in [0.25, 0.3) is 0 Å². The fourth-order valence-corrected chi connectivity index (χ4v) is 1.16. The van der Waals surface area contributed by atoms with E-state index in [1.807, 2.05) is 0 Å². The van der Waals surface area contributed by atoms with Gasteiger partial charge in [0.2, 0.25) is 0 Å². The number of aromatic carboxylic acids is 1. The molecule has 0 aliphatic carbocycles. The lowest BCUT2D eigenvalue weighted by molar-refractivity contribution is 0.0689. The predicted molar refractivity (Wildman–Crippen MR) is 42.9 cm³/mol. The van der Waals surface area contributed by atoms with Crippen LogP contribution in [0, 0.1) is 11.6 Å². The lowest BCUT2D eigenvalue weighted by Crippen LogP contribution is -2.06. The zero-order valence-corrected chi connectivity index (χ0v) is 7.11. The molecule has 0 atom stereocenters. The van der Waals surface area contributed by atoms with Crippen molar-refractivity contribution >= 4 is 17.6 Å². The van der Waals surface area contributed by atoms with Crippen molar-refractivity contribution in [3.8, 4) is 0 Å². The number of alkyl halides is 1. The van der Waals surface area contributed by atoms with Crippen molar-refractivity contribution < 1.29 is 18.7 Å². The summed E-state index contributed by atoms with van der Waals surface area (Å²) in [5.74, 6) is -4.25. The minimum absolute atomic E-state index is 0.0630. The number of carboxylic acid groups (broad SMARTS) is 1. The molecule has 0 heterocycles. The summed E-state index contributed by atoms with van der Waals surface area (Å²) in [5.41, 5.74) is -0.636. The van der Waals surface area contributed by atoms with E-state index in [-0.39, 0.29) is 11.4 Å². The first-order valence-corrected chi connectivity index (χ1v) is 3.87. The van der Waals surface area contributed by atoms with Crippen LogP contribution in [0.5, 0.6) is 0 Å². The van der Waals surface area contributed by atoms with Crippen LogP contribution in [0.3, 0.4) is 0 Å². The number of carboxylic acids is 1. The first kappa shape index (κ1) is 9.92. The van der Waals surface area contributed by atoms with E-state index in [4.69, 9.17) is 16.7 Å². The highest BCUT2D eigenvalue weighted by molar-refractivity contribution is 6.17. The van der Waals surface area contributed by atoms with Crippen molar-refractivity contribution in [2.24, 2.45) is 0 Å². The maximum absolute atomic E-state index is 12.9. The largest absolute Gasteiger partial charge is 0.478 e. The lowest BCUT2D eigenvalue weighted by atomic mass is 10.1. The van der Waals surface area contributed by atoms with Gasteiger partial charge >= 0.3 is 5.97 Å². The quantitative estimate of drug-likeness (QED) is 0.755. The summed E-state index contributed by atoms with van der Waals surface area (Å²) in [7, 11) is 0. The van der Waals surface area contributed by atoms with E-state index in [9.17, 15) is 13.6 Å². The molecule has 0 bridgehead atoms. The highest BCUT2D eigenvalue weighted by Gasteiger charge is 2.18. The Hall–Kier alpha value is -1.16. The molecule has 0 aromatic heterocycles. The molecule has 1 N–H and O–H groups in total. The minimum Gasteiger partial charge on any atom is -0.478 e. The molecule has 0 aliphatic rings. The maximum atomic E-state index is 12.9. The Morgan fingerprint density at radius 3 is 2.54 bits per heavy atom. The van der Waals surface area contributed by atoms with Crippen molar-refractivity contribution in [1.82, 2.24) is 0 Å². The van der Waals surface area contributed by atoms with Gasteiger partial charge in [-0.05, 0) is 11.6 Å². The standard InChI is InChI=1S/C8H5ClF2O2/c9-3-4-1-2-5(10)7(11)6(4)8(12)13/h1-2H,3H2,(H,12,13). The summed E-state index contributed by atoms with van der Waals surface area (Å²) < 4.78 is 25.5. The molecule has 70 valence electrons. The molecule has 5 heteroatoms. The van der Waals surface area contributed by atoms with Crippen LogP contribution >= 0.6 is 11.6 Å². The third-order valence-electron chi connectivity index (χ3n) is 1.54. The molecule has 0 spiro atoms. The van der Waals surface area contributed by atoms with E-state index in [2.05, 4.69) is 0 Å². The molecule has 0 saturated carbocycles. The summed E-state index contributed by atoms with van der Waals surface area (Å²) in [6.07, 6.45) is 0. The molecule has 1 aromatic rings. The van der Waals surface area contributed by atoms with Gasteiger partial charge in [-0.15, -0.1) is 11.6 Å². The van der Waals surface area contributed by atoms with E-state index in [1.54, 1.807) is 0 Å². The van der Waals surface area contributed by atoms with Crippen molar-refractivity contribution in [3.05, 3.63) is 34.9 Å². The average Bonchev–Trinajstić information content (AvgIpc) is 2.08. The van der Waals surface area contributed by atoms with Gasteiger partial charge in [-0.2, -0.15) is 0 Å². The van der Waals surface area contributed by atoms with Gasteiger partial charge in [0.15, 0.2) is 11.6 Å². The number of rotatable bonds is 2. The first-order chi connectivity index (χ1) is 6.07. The van der Waals surface area contributed by atoms with Gasteiger partial charge in [0, 0.05) is 5.88 Å². The van der Waals surface area contributed by atoms with Gasteiger partial charge in [-0.1, -0.05) is 6.07 Å². The van der Waals surface area contributed by atoms with Gasteiger partial charge in [0.1, 0.15) is 5.56 Å². The second-order valence-corrected chi connectivity index (χ2v) is 2.60. The smallest absolute Gasteiger partial charge is 0.339 e. The van der Waals surface area contributed by atoms with Gasteiger partial charge in [0.25, 0.3) is 0 Å². The maximum Gasteiger partial charge on any atom is 0.339 e. The Labute approximate surface area is 77.8 Å². The lowest BCUT2D eigenvalue weighted by Gasteiger charge is -2.03. The highest BCUT2D eigenvalue weighted by Crippen LogP contribution is 2.18. The van der Waals surface area contributed by atoms with E-state index in [0.717, 1.165) is 12.1 Å². The van der Waals surface area contributed by atoms with Crippen LogP contribution in [0.15, 0.2) is 12.1 Å². The molecule has 0 fully saturated rings. The minimum atomic E-state index is -1.52. The fourth-order valence-electron chi connectivity index (χ4n) is 0.933. The zero-order valence-electron chi connectivity index (χ0n) is 6.35. The van der Waals surface area contributed by atoms with Crippen molar-refractivity contribution in [2.45, 2.75) is 5.88 Å². The molecule has 0 radical (unpaired) electrons. The van der Waals surface area contributed by atoms with E-state index >= 15 is 0 Å². The SMILES string of the molecule is O=C(O)c1c(CCl)ccc(F)c1F. The molecular weight excluding hydrogens is 202 g/mol. The van der Waals surface area contributed by atoms with E-state index < -0.39 is 23.2 Å². The molecule has 2 nitrogen and oxygen atoms in total. The Morgan fingerprint density at radius 2 is 2.08 bits per heavy atom. The molecule has 1 aromatic carbocycles. The van der Waals surface area contributed by atoms with Crippen LogP contribution in [0.1, 0.15) is 15.9 Å². The van der Waals surface area contributed by atoms with E-state index in [1.165, 1.54) is 0 Å². The van der Waals surface area contributed by atoms with Gasteiger partial charge in [0.05, 0.1) is 0 Å². The molecule has 13 heavy (non-hydrogen) atoms. The Balaban J connectivity index is 3.41. The van der Waals surface area contributed by atoms with Crippen LogP contribution in [-0.2, 0) is 5.88 Å². The molecule has 0 saturated heterocycles. The van der Waals surface area contributed by atoms with Crippen LogP contribution in [-0.4, -0.2) is 11.1 Å². The molecule has 1 rings (SSSR count). The number of carbonyl (C=O) groups is 1.